The number of carbonyl (C=O) groups is 3. The summed E-state index contributed by atoms with van der Waals surface area (Å²) < 4.78 is 19.7. The number of hydrogen-bond acceptors (Lipinski definition) is 6. The Morgan fingerprint density at radius 1 is 1.07 bits per heavy atom. The van der Waals surface area contributed by atoms with Gasteiger partial charge in [-0.25, -0.2) is 14.0 Å². The van der Waals surface area contributed by atoms with Crippen molar-refractivity contribution < 1.29 is 33.4 Å². The lowest BCUT2D eigenvalue weighted by Crippen LogP contribution is -2.42. The van der Waals surface area contributed by atoms with Gasteiger partial charge in [-0.05, 0) is 75.1 Å². The van der Waals surface area contributed by atoms with Gasteiger partial charge in [-0.3, -0.25) is 14.7 Å². The molecule has 3 aromatic rings. The van der Waals surface area contributed by atoms with E-state index in [-0.39, 0.29) is 11.7 Å². The van der Waals surface area contributed by atoms with Gasteiger partial charge < -0.3 is 14.6 Å². The summed E-state index contributed by atoms with van der Waals surface area (Å²) >= 11 is 0. The maximum atomic E-state index is 14.1. The number of carboxylic acids is 2. The van der Waals surface area contributed by atoms with Gasteiger partial charge in [0.1, 0.15) is 17.2 Å². The van der Waals surface area contributed by atoms with Crippen LogP contribution in [-0.2, 0) is 19.8 Å². The maximum absolute atomic E-state index is 14.1. The van der Waals surface area contributed by atoms with Crippen LogP contribution in [0.3, 0.4) is 0 Å². The van der Waals surface area contributed by atoms with Crippen LogP contribution in [0, 0.1) is 11.7 Å². The predicted octanol–water partition coefficient (Wildman–Crippen LogP) is 5.71. The second kappa shape index (κ2) is 13.0. The number of aliphatic carboxylic acids is 2. The second-order valence-electron chi connectivity index (χ2n) is 10.6. The molecule has 2 aromatic heterocycles. The zero-order chi connectivity index (χ0) is 28.7. The molecule has 8 nitrogen and oxygen atoms in total. The Balaban J connectivity index is 0.000000557. The van der Waals surface area contributed by atoms with Gasteiger partial charge >= 0.3 is 11.9 Å². The maximum Gasteiger partial charge on any atom is 0.414 e. The van der Waals surface area contributed by atoms with Gasteiger partial charge in [-0.1, -0.05) is 31.4 Å². The fourth-order valence-electron chi connectivity index (χ4n) is 5.70. The number of furan rings is 1. The van der Waals surface area contributed by atoms with E-state index in [2.05, 4.69) is 22.9 Å². The highest BCUT2D eigenvalue weighted by atomic mass is 19.1. The van der Waals surface area contributed by atoms with Gasteiger partial charge in [0.2, 0.25) is 0 Å². The molecule has 0 spiro atoms. The molecule has 1 saturated carbocycles. The number of halogens is 1. The number of Topliss-reactive ketones (excluding diaryl/α,β-unsaturated/α-hetero) is 1. The topological polar surface area (TPSA) is 121 Å². The monoisotopic (exact) mass is 550 g/mol. The Hall–Kier alpha value is -3.85. The number of nitrogens with zero attached hydrogens (tertiary/aromatic N) is 2. The van der Waals surface area contributed by atoms with Crippen molar-refractivity contribution in [2.75, 3.05) is 19.6 Å². The van der Waals surface area contributed by atoms with Gasteiger partial charge in [0.25, 0.3) is 0 Å². The summed E-state index contributed by atoms with van der Waals surface area (Å²) in [6.45, 7) is 4.66. The largest absolute Gasteiger partial charge is 0.473 e. The Kier molecular flexibility index (Phi) is 9.47. The van der Waals surface area contributed by atoms with Gasteiger partial charge in [-0.2, -0.15) is 0 Å². The average molecular weight is 551 g/mol. The van der Waals surface area contributed by atoms with Crippen LogP contribution in [-0.4, -0.2) is 57.5 Å². The van der Waals surface area contributed by atoms with Crippen molar-refractivity contribution in [3.8, 4) is 0 Å². The summed E-state index contributed by atoms with van der Waals surface area (Å²) in [6.07, 6.45) is 12.8. The fourth-order valence-corrected chi connectivity index (χ4v) is 5.70. The standard InChI is InChI=1S/C29H33FN2O2.C2H2O4/c1-29(26-9-5-6-16-31-26,28(33)22-7-3-2-4-8-22)15-19-32-17-12-21(13-18-32)23-10-11-25(30)24-14-20-34-27(23)24;3-1(4)2(5)6/h5-6,9-12,14,16,20,22H,2-4,7-8,13,15,17-19H2,1H3;(H,3,4)(H,5,6). The van der Waals surface area contributed by atoms with E-state index in [4.69, 9.17) is 24.2 Å². The number of fused-ring (bicyclic) bond motifs is 1. The highest BCUT2D eigenvalue weighted by Gasteiger charge is 2.40. The van der Waals surface area contributed by atoms with Crippen molar-refractivity contribution in [3.05, 3.63) is 72.0 Å². The zero-order valence-electron chi connectivity index (χ0n) is 22.6. The molecule has 1 aromatic carbocycles. The van der Waals surface area contributed by atoms with Crippen molar-refractivity contribution in [1.29, 1.82) is 0 Å². The molecular formula is C31H35FN2O6. The van der Waals surface area contributed by atoms with Crippen LogP contribution in [0.4, 0.5) is 4.39 Å². The first-order chi connectivity index (χ1) is 19.2. The summed E-state index contributed by atoms with van der Waals surface area (Å²) in [5.41, 5.74) is 3.13. The SMILES string of the molecule is CC(CCN1CC=C(c2ccc(F)c3ccoc23)CC1)(C(=O)C1CCCCC1)c1ccccn1.O=C(O)C(=O)O. The summed E-state index contributed by atoms with van der Waals surface area (Å²) in [4.78, 5) is 39.0. The molecule has 0 saturated heterocycles. The molecule has 0 radical (unpaired) electrons. The van der Waals surface area contributed by atoms with Crippen LogP contribution in [0.2, 0.25) is 0 Å². The minimum Gasteiger partial charge on any atom is -0.473 e. The van der Waals surface area contributed by atoms with Crippen LogP contribution in [0.5, 0.6) is 0 Å². The van der Waals surface area contributed by atoms with E-state index in [0.717, 1.165) is 69.4 Å². The van der Waals surface area contributed by atoms with E-state index in [1.807, 2.05) is 24.3 Å². The lowest BCUT2D eigenvalue weighted by Gasteiger charge is -2.35. The molecule has 5 rings (SSSR count). The third-order valence-electron chi connectivity index (χ3n) is 8.06. The third-order valence-corrected chi connectivity index (χ3v) is 8.06. The van der Waals surface area contributed by atoms with Crippen molar-refractivity contribution in [2.24, 2.45) is 5.92 Å². The quantitative estimate of drug-likeness (QED) is 0.359. The third kappa shape index (κ3) is 6.65. The summed E-state index contributed by atoms with van der Waals surface area (Å²) in [5, 5.41) is 15.3. The van der Waals surface area contributed by atoms with Gasteiger partial charge in [-0.15, -0.1) is 0 Å². The molecule has 1 fully saturated rings. The van der Waals surface area contributed by atoms with Crippen LogP contribution in [0.1, 0.15) is 63.1 Å². The molecule has 0 amide bonds. The number of carbonyl (C=O) groups excluding carboxylic acids is 1. The fraction of sp³-hybridized carbons (Fsp3) is 0.419. The molecule has 1 aliphatic carbocycles. The molecule has 1 unspecified atom stereocenters. The Bertz CT molecular complexity index is 1370. The lowest BCUT2D eigenvalue weighted by molar-refractivity contribution is -0.159. The van der Waals surface area contributed by atoms with Crippen LogP contribution < -0.4 is 0 Å². The van der Waals surface area contributed by atoms with E-state index in [0.29, 0.717) is 16.8 Å². The second-order valence-corrected chi connectivity index (χ2v) is 10.6. The van der Waals surface area contributed by atoms with E-state index in [1.54, 1.807) is 18.5 Å². The highest BCUT2D eigenvalue weighted by Crippen LogP contribution is 2.37. The highest BCUT2D eigenvalue weighted by molar-refractivity contribution is 6.27. The number of hydrogen-bond donors (Lipinski definition) is 2. The van der Waals surface area contributed by atoms with Crippen molar-refractivity contribution in [3.63, 3.8) is 0 Å². The van der Waals surface area contributed by atoms with Gasteiger partial charge in [0, 0.05) is 30.8 Å². The number of rotatable bonds is 7. The van der Waals surface area contributed by atoms with E-state index < -0.39 is 17.4 Å². The minimum atomic E-state index is -1.82. The van der Waals surface area contributed by atoms with E-state index in [1.165, 1.54) is 18.1 Å². The van der Waals surface area contributed by atoms with E-state index >= 15 is 0 Å². The van der Waals surface area contributed by atoms with Crippen molar-refractivity contribution in [1.82, 2.24) is 9.88 Å². The normalized spacial score (nSPS) is 17.8. The van der Waals surface area contributed by atoms with Crippen LogP contribution in [0.15, 0.2) is 59.4 Å². The lowest BCUT2D eigenvalue weighted by atomic mass is 9.70. The molecule has 1 atom stereocenters. The van der Waals surface area contributed by atoms with Crippen molar-refractivity contribution in [2.45, 2.75) is 57.3 Å². The van der Waals surface area contributed by atoms with Crippen LogP contribution in [0.25, 0.3) is 16.5 Å². The molecule has 0 bridgehead atoms. The smallest absolute Gasteiger partial charge is 0.414 e. The van der Waals surface area contributed by atoms with E-state index in [9.17, 15) is 9.18 Å². The number of ketones is 1. The van der Waals surface area contributed by atoms with Gasteiger partial charge in [0.05, 0.1) is 22.8 Å². The molecule has 212 valence electrons. The first-order valence-corrected chi connectivity index (χ1v) is 13.7. The number of pyridine rings is 1. The molecular weight excluding hydrogens is 515 g/mol. The Labute approximate surface area is 232 Å². The molecule has 3 heterocycles. The molecule has 9 heteroatoms. The Morgan fingerprint density at radius 3 is 2.45 bits per heavy atom. The summed E-state index contributed by atoms with van der Waals surface area (Å²) in [6, 6.07) is 10.9. The van der Waals surface area contributed by atoms with Gasteiger partial charge in [0.15, 0.2) is 0 Å². The molecule has 1 aliphatic heterocycles. The molecule has 2 N–H and O–H groups in total. The summed E-state index contributed by atoms with van der Waals surface area (Å²) in [7, 11) is 0. The number of carboxylic acid groups (broad SMARTS) is 2. The molecule has 2 aliphatic rings. The first kappa shape index (κ1) is 29.1. The Morgan fingerprint density at radius 2 is 1.82 bits per heavy atom. The molecule has 40 heavy (non-hydrogen) atoms. The number of benzene rings is 1. The average Bonchev–Trinajstić information content (AvgIpc) is 3.48. The van der Waals surface area contributed by atoms with Crippen LogP contribution >= 0.6 is 0 Å². The first-order valence-electron chi connectivity index (χ1n) is 13.7. The minimum absolute atomic E-state index is 0.155. The number of aromatic nitrogens is 1. The zero-order valence-corrected chi connectivity index (χ0v) is 22.6. The predicted molar refractivity (Wildman–Crippen MR) is 148 cm³/mol. The summed E-state index contributed by atoms with van der Waals surface area (Å²) in [5.74, 6) is -3.37. The van der Waals surface area contributed by atoms with Crippen molar-refractivity contribution >= 4 is 34.3 Å².